The van der Waals surface area contributed by atoms with E-state index < -0.39 is 0 Å². The van der Waals surface area contributed by atoms with Crippen molar-refractivity contribution in [3.8, 4) is 0 Å². The predicted octanol–water partition coefficient (Wildman–Crippen LogP) is 1.40. The number of rotatable bonds is 2. The second-order valence-corrected chi connectivity index (χ2v) is 3.63. The van der Waals surface area contributed by atoms with Crippen molar-refractivity contribution in [2.75, 3.05) is 6.54 Å². The van der Waals surface area contributed by atoms with E-state index in [9.17, 15) is 0 Å². The van der Waals surface area contributed by atoms with E-state index in [2.05, 4.69) is 22.9 Å². The first-order valence-electron chi connectivity index (χ1n) is 4.74. The van der Waals surface area contributed by atoms with Gasteiger partial charge in [0.25, 0.3) is 0 Å². The predicted molar refractivity (Wildman–Crippen MR) is 49.9 cm³/mol. The van der Waals surface area contributed by atoms with Gasteiger partial charge in [-0.3, -0.25) is 0 Å². The Bertz CT molecular complexity index is 252. The van der Waals surface area contributed by atoms with E-state index in [1.54, 1.807) is 0 Å². The Hall–Kier alpha value is -0.760. The Morgan fingerprint density at radius 2 is 2.50 bits per heavy atom. The Kier molecular flexibility index (Phi) is 2.17. The quantitative estimate of drug-likeness (QED) is 0.703. The lowest BCUT2D eigenvalue weighted by atomic mass is 9.93. The van der Waals surface area contributed by atoms with Crippen molar-refractivity contribution in [2.24, 2.45) is 11.7 Å². The van der Waals surface area contributed by atoms with Gasteiger partial charge in [0, 0.05) is 18.4 Å². The lowest BCUT2D eigenvalue weighted by Gasteiger charge is -2.23. The topological polar surface area (TPSA) is 30.9 Å². The largest absolute Gasteiger partial charge is 0.351 e. The maximum absolute atomic E-state index is 5.55. The van der Waals surface area contributed by atoms with Crippen molar-refractivity contribution >= 4 is 0 Å². The number of aryl methyl sites for hydroxylation is 1. The van der Waals surface area contributed by atoms with Gasteiger partial charge in [-0.05, 0) is 43.9 Å². The highest BCUT2D eigenvalue weighted by molar-refractivity contribution is 5.09. The van der Waals surface area contributed by atoms with Gasteiger partial charge in [0.2, 0.25) is 0 Å². The molecule has 1 aromatic heterocycles. The molecule has 1 aliphatic heterocycles. The van der Waals surface area contributed by atoms with Crippen molar-refractivity contribution < 1.29 is 0 Å². The first-order chi connectivity index (χ1) is 5.90. The summed E-state index contributed by atoms with van der Waals surface area (Å²) in [7, 11) is 0. The van der Waals surface area contributed by atoms with Crippen LogP contribution in [0.2, 0.25) is 0 Å². The van der Waals surface area contributed by atoms with Gasteiger partial charge >= 0.3 is 0 Å². The number of hydrogen-bond acceptors (Lipinski definition) is 1. The smallest absolute Gasteiger partial charge is 0.0225 e. The van der Waals surface area contributed by atoms with Crippen molar-refractivity contribution in [3.63, 3.8) is 0 Å². The van der Waals surface area contributed by atoms with Crippen molar-refractivity contribution in [2.45, 2.75) is 25.8 Å². The van der Waals surface area contributed by atoms with Crippen LogP contribution in [0.4, 0.5) is 0 Å². The Morgan fingerprint density at radius 3 is 3.33 bits per heavy atom. The fourth-order valence-corrected chi connectivity index (χ4v) is 2.05. The molecule has 2 heteroatoms. The minimum absolute atomic E-state index is 0.831. The van der Waals surface area contributed by atoms with E-state index in [0.29, 0.717) is 0 Å². The van der Waals surface area contributed by atoms with Crippen LogP contribution in [0.5, 0.6) is 0 Å². The monoisotopic (exact) mass is 164 g/mol. The summed E-state index contributed by atoms with van der Waals surface area (Å²) < 4.78 is 2.35. The van der Waals surface area contributed by atoms with Gasteiger partial charge in [-0.1, -0.05) is 0 Å². The van der Waals surface area contributed by atoms with E-state index in [0.717, 1.165) is 12.5 Å². The van der Waals surface area contributed by atoms with E-state index in [-0.39, 0.29) is 0 Å². The molecule has 2 rings (SSSR count). The normalized spacial score (nSPS) is 22.2. The third-order valence-electron chi connectivity index (χ3n) is 2.77. The van der Waals surface area contributed by atoms with Gasteiger partial charge in [-0.2, -0.15) is 0 Å². The Morgan fingerprint density at radius 1 is 1.58 bits per heavy atom. The maximum Gasteiger partial charge on any atom is 0.0225 e. The second kappa shape index (κ2) is 3.31. The molecular formula is C10H16N2. The molecule has 0 radical (unpaired) electrons. The number of nitrogens with zero attached hydrogens (tertiary/aromatic N) is 1. The minimum Gasteiger partial charge on any atom is -0.351 e. The molecule has 12 heavy (non-hydrogen) atoms. The molecule has 2 nitrogen and oxygen atoms in total. The minimum atomic E-state index is 0.831. The van der Waals surface area contributed by atoms with Gasteiger partial charge in [0.1, 0.15) is 0 Å². The van der Waals surface area contributed by atoms with E-state index in [1.807, 2.05) is 0 Å². The summed E-state index contributed by atoms with van der Waals surface area (Å²) >= 11 is 0. The summed E-state index contributed by atoms with van der Waals surface area (Å²) in [5.74, 6) is 0.831. The zero-order chi connectivity index (χ0) is 8.39. The van der Waals surface area contributed by atoms with Crippen LogP contribution >= 0.6 is 0 Å². The van der Waals surface area contributed by atoms with Crippen molar-refractivity contribution in [1.29, 1.82) is 0 Å². The van der Waals surface area contributed by atoms with E-state index in [1.165, 1.54) is 31.5 Å². The molecule has 0 spiro atoms. The number of aromatic nitrogens is 1. The fourth-order valence-electron chi connectivity index (χ4n) is 2.05. The van der Waals surface area contributed by atoms with E-state index >= 15 is 0 Å². The van der Waals surface area contributed by atoms with Crippen LogP contribution in [-0.4, -0.2) is 11.1 Å². The lowest BCUT2D eigenvalue weighted by molar-refractivity contribution is 0.372. The Labute approximate surface area is 73.4 Å². The fraction of sp³-hybridized carbons (Fsp3) is 0.600. The van der Waals surface area contributed by atoms with Crippen molar-refractivity contribution in [3.05, 3.63) is 24.0 Å². The molecule has 2 N–H and O–H groups in total. The zero-order valence-corrected chi connectivity index (χ0v) is 7.37. The van der Waals surface area contributed by atoms with Crippen LogP contribution in [0.3, 0.4) is 0 Å². The summed E-state index contributed by atoms with van der Waals surface area (Å²) in [6.45, 7) is 2.03. The SMILES string of the molecule is NCCC1CCn2cccc2C1. The molecule has 2 heterocycles. The van der Waals surface area contributed by atoms with Crippen LogP contribution in [0.25, 0.3) is 0 Å². The molecule has 0 saturated carbocycles. The Balaban J connectivity index is 2.05. The highest BCUT2D eigenvalue weighted by Crippen LogP contribution is 2.22. The van der Waals surface area contributed by atoms with E-state index in [4.69, 9.17) is 5.73 Å². The van der Waals surface area contributed by atoms with Gasteiger partial charge in [-0.15, -0.1) is 0 Å². The molecule has 0 saturated heterocycles. The lowest BCUT2D eigenvalue weighted by Crippen LogP contribution is -2.20. The molecule has 0 amide bonds. The third-order valence-corrected chi connectivity index (χ3v) is 2.77. The highest BCUT2D eigenvalue weighted by atomic mass is 15.0. The van der Waals surface area contributed by atoms with Crippen LogP contribution in [0, 0.1) is 5.92 Å². The first kappa shape index (κ1) is 7.87. The summed E-state index contributed by atoms with van der Waals surface area (Å²) in [6.07, 6.45) is 5.89. The van der Waals surface area contributed by atoms with Gasteiger partial charge in [-0.25, -0.2) is 0 Å². The summed E-state index contributed by atoms with van der Waals surface area (Å²) in [5, 5.41) is 0. The zero-order valence-electron chi connectivity index (χ0n) is 7.37. The molecule has 1 unspecified atom stereocenters. The van der Waals surface area contributed by atoms with Gasteiger partial charge in [0.15, 0.2) is 0 Å². The summed E-state index contributed by atoms with van der Waals surface area (Å²) in [6, 6.07) is 4.36. The molecule has 1 aromatic rings. The molecule has 0 fully saturated rings. The van der Waals surface area contributed by atoms with Crippen LogP contribution in [-0.2, 0) is 13.0 Å². The third kappa shape index (κ3) is 1.39. The number of fused-ring (bicyclic) bond motifs is 1. The van der Waals surface area contributed by atoms with Crippen LogP contribution in [0.1, 0.15) is 18.5 Å². The molecule has 0 bridgehead atoms. The summed E-state index contributed by atoms with van der Waals surface area (Å²) in [5.41, 5.74) is 7.03. The molecule has 0 aliphatic carbocycles. The maximum atomic E-state index is 5.55. The molecule has 66 valence electrons. The molecular weight excluding hydrogens is 148 g/mol. The number of nitrogens with two attached hydrogens (primary N) is 1. The average molecular weight is 164 g/mol. The standard InChI is InChI=1S/C10H16N2/c11-5-3-9-4-7-12-6-1-2-10(12)8-9/h1-2,6,9H,3-5,7-8,11H2. The van der Waals surface area contributed by atoms with Crippen molar-refractivity contribution in [1.82, 2.24) is 4.57 Å². The first-order valence-corrected chi connectivity index (χ1v) is 4.74. The number of hydrogen-bond donors (Lipinski definition) is 1. The molecule has 0 aromatic carbocycles. The van der Waals surface area contributed by atoms with Gasteiger partial charge in [0.05, 0.1) is 0 Å². The average Bonchev–Trinajstić information content (AvgIpc) is 2.51. The molecule has 1 atom stereocenters. The summed E-state index contributed by atoms with van der Waals surface area (Å²) in [4.78, 5) is 0. The van der Waals surface area contributed by atoms with Crippen LogP contribution < -0.4 is 5.73 Å². The van der Waals surface area contributed by atoms with Crippen LogP contribution in [0.15, 0.2) is 18.3 Å². The van der Waals surface area contributed by atoms with Gasteiger partial charge < -0.3 is 10.3 Å². The highest BCUT2D eigenvalue weighted by Gasteiger charge is 2.16. The second-order valence-electron chi connectivity index (χ2n) is 3.63. The molecule has 1 aliphatic rings.